The molecule has 2 rings (SSSR count). The minimum atomic E-state index is -3.69. The lowest BCUT2D eigenvalue weighted by Crippen LogP contribution is -2.46. The number of piperidine rings is 1. The van der Waals surface area contributed by atoms with Crippen LogP contribution in [0.1, 0.15) is 42.3 Å². The van der Waals surface area contributed by atoms with Gasteiger partial charge in [0.1, 0.15) is 5.76 Å². The van der Waals surface area contributed by atoms with Gasteiger partial charge in [-0.3, -0.25) is 4.79 Å². The second-order valence-electron chi connectivity index (χ2n) is 5.72. The van der Waals surface area contributed by atoms with Gasteiger partial charge in [0, 0.05) is 18.7 Å². The molecule has 0 unspecified atom stereocenters. The van der Waals surface area contributed by atoms with E-state index < -0.39 is 10.0 Å². The van der Waals surface area contributed by atoms with E-state index in [1.165, 1.54) is 13.1 Å². The molecule has 0 radical (unpaired) electrons. The smallest absolute Gasteiger partial charge is 0.273 e. The van der Waals surface area contributed by atoms with Crippen LogP contribution < -0.4 is 10.0 Å². The Morgan fingerprint density at radius 3 is 2.65 bits per heavy atom. The number of aryl methyl sites for hydroxylation is 1. The number of nitrogens with zero attached hydrogens (tertiary/aromatic N) is 1. The van der Waals surface area contributed by atoms with Crippen molar-refractivity contribution in [2.45, 2.75) is 44.2 Å². The highest BCUT2D eigenvalue weighted by Gasteiger charge is 2.29. The van der Waals surface area contributed by atoms with Crippen molar-refractivity contribution < 1.29 is 17.6 Å². The molecule has 1 aliphatic heterocycles. The Kier molecular flexibility index (Phi) is 5.83. The molecule has 130 valence electrons. The number of amides is 1. The van der Waals surface area contributed by atoms with Gasteiger partial charge in [-0.2, -0.15) is 0 Å². The van der Waals surface area contributed by atoms with Crippen LogP contribution in [0.2, 0.25) is 0 Å². The molecular formula is C15H25N3O4S. The largest absolute Gasteiger partial charge is 0.448 e. The summed E-state index contributed by atoms with van der Waals surface area (Å²) in [5.74, 6) is 0.177. The molecule has 7 nitrogen and oxygen atoms in total. The van der Waals surface area contributed by atoms with Crippen molar-refractivity contribution in [1.82, 2.24) is 14.9 Å². The molecule has 2 heterocycles. The summed E-state index contributed by atoms with van der Waals surface area (Å²) in [6.45, 7) is 6.08. The summed E-state index contributed by atoms with van der Waals surface area (Å²) in [4.78, 5) is 14.8. The zero-order valence-electron chi connectivity index (χ0n) is 13.9. The summed E-state index contributed by atoms with van der Waals surface area (Å²) in [5, 5.41) is 3.07. The van der Waals surface area contributed by atoms with Gasteiger partial charge in [0.25, 0.3) is 15.9 Å². The minimum Gasteiger partial charge on any atom is -0.448 e. The van der Waals surface area contributed by atoms with Crippen molar-refractivity contribution in [2.75, 3.05) is 26.7 Å². The topological polar surface area (TPSA) is 91.7 Å². The minimum absolute atomic E-state index is 0.155. The fourth-order valence-corrected chi connectivity index (χ4v) is 3.57. The number of sulfonamides is 1. The van der Waals surface area contributed by atoms with E-state index in [1.807, 2.05) is 11.8 Å². The zero-order chi connectivity index (χ0) is 17.0. The van der Waals surface area contributed by atoms with Crippen LogP contribution in [0, 0.1) is 6.92 Å². The maximum Gasteiger partial charge on any atom is 0.273 e. The van der Waals surface area contributed by atoms with Crippen molar-refractivity contribution in [3.05, 3.63) is 17.4 Å². The van der Waals surface area contributed by atoms with E-state index in [-0.39, 0.29) is 17.0 Å². The van der Waals surface area contributed by atoms with Gasteiger partial charge in [0.15, 0.2) is 0 Å². The molecule has 0 aliphatic carbocycles. The van der Waals surface area contributed by atoms with Gasteiger partial charge in [-0.1, -0.05) is 6.92 Å². The molecule has 1 aliphatic rings. The van der Waals surface area contributed by atoms with Crippen LogP contribution in [0.25, 0.3) is 0 Å². The van der Waals surface area contributed by atoms with Gasteiger partial charge >= 0.3 is 0 Å². The lowest BCUT2D eigenvalue weighted by Gasteiger charge is -2.34. The van der Waals surface area contributed by atoms with Gasteiger partial charge in [0.2, 0.25) is 5.09 Å². The van der Waals surface area contributed by atoms with Crippen molar-refractivity contribution in [3.8, 4) is 0 Å². The highest BCUT2D eigenvalue weighted by molar-refractivity contribution is 7.89. The van der Waals surface area contributed by atoms with Crippen LogP contribution in [0.5, 0.6) is 0 Å². The van der Waals surface area contributed by atoms with Crippen LogP contribution in [0.4, 0.5) is 0 Å². The Hall–Kier alpha value is -1.38. The third kappa shape index (κ3) is 3.94. The first kappa shape index (κ1) is 18.0. The molecule has 0 bridgehead atoms. The van der Waals surface area contributed by atoms with Gasteiger partial charge in [-0.25, -0.2) is 13.1 Å². The van der Waals surface area contributed by atoms with E-state index in [0.717, 1.165) is 32.4 Å². The lowest BCUT2D eigenvalue weighted by atomic mass is 10.0. The average molecular weight is 343 g/mol. The maximum absolute atomic E-state index is 12.9. The van der Waals surface area contributed by atoms with Crippen LogP contribution in [0.15, 0.2) is 15.6 Å². The fourth-order valence-electron chi connectivity index (χ4n) is 2.86. The van der Waals surface area contributed by atoms with E-state index >= 15 is 0 Å². The molecule has 0 aromatic carbocycles. The Balaban J connectivity index is 2.29. The Bertz CT molecular complexity index is 648. The third-order valence-corrected chi connectivity index (χ3v) is 5.40. The molecule has 1 saturated heterocycles. The normalized spacial score (nSPS) is 16.5. The fraction of sp³-hybridized carbons (Fsp3) is 0.667. The van der Waals surface area contributed by atoms with E-state index in [4.69, 9.17) is 4.42 Å². The van der Waals surface area contributed by atoms with E-state index in [2.05, 4.69) is 10.0 Å². The summed E-state index contributed by atoms with van der Waals surface area (Å²) in [6.07, 6.45) is 2.67. The van der Waals surface area contributed by atoms with Crippen molar-refractivity contribution in [3.63, 3.8) is 0 Å². The number of hydrogen-bond donors (Lipinski definition) is 2. The first-order chi connectivity index (χ1) is 10.9. The second-order valence-corrected chi connectivity index (χ2v) is 7.54. The third-order valence-electron chi connectivity index (χ3n) is 4.13. The molecule has 1 amide bonds. The summed E-state index contributed by atoms with van der Waals surface area (Å²) < 4.78 is 31.2. The summed E-state index contributed by atoms with van der Waals surface area (Å²) in [6, 6.07) is 1.51. The summed E-state index contributed by atoms with van der Waals surface area (Å²) in [5.41, 5.74) is 0.325. The molecule has 0 atom stereocenters. The van der Waals surface area contributed by atoms with Crippen LogP contribution in [-0.2, 0) is 10.0 Å². The van der Waals surface area contributed by atoms with Crippen LogP contribution >= 0.6 is 0 Å². The van der Waals surface area contributed by atoms with E-state index in [0.29, 0.717) is 17.9 Å². The molecule has 0 spiro atoms. The average Bonchev–Trinajstić information content (AvgIpc) is 2.95. The van der Waals surface area contributed by atoms with Gasteiger partial charge in [0.05, 0.1) is 5.56 Å². The predicted octanol–water partition coefficient (Wildman–Crippen LogP) is 1.10. The maximum atomic E-state index is 12.9. The Morgan fingerprint density at radius 1 is 1.43 bits per heavy atom. The molecule has 0 saturated carbocycles. The van der Waals surface area contributed by atoms with Crippen molar-refractivity contribution in [1.29, 1.82) is 0 Å². The first-order valence-electron chi connectivity index (χ1n) is 7.96. The summed E-state index contributed by atoms with van der Waals surface area (Å²) in [7, 11) is -2.38. The van der Waals surface area contributed by atoms with E-state index in [9.17, 15) is 13.2 Å². The van der Waals surface area contributed by atoms with Crippen LogP contribution in [-0.4, -0.2) is 51.9 Å². The van der Waals surface area contributed by atoms with Gasteiger partial charge < -0.3 is 14.6 Å². The van der Waals surface area contributed by atoms with Gasteiger partial charge in [-0.05, 0) is 46.3 Å². The number of furan rings is 1. The number of hydrogen-bond acceptors (Lipinski definition) is 5. The molecule has 1 aromatic heterocycles. The first-order valence-corrected chi connectivity index (χ1v) is 9.44. The zero-order valence-corrected chi connectivity index (χ0v) is 14.7. The monoisotopic (exact) mass is 343 g/mol. The standard InChI is InChI=1S/C15H25N3O4S/c1-4-9-18(12-5-7-17-8-6-12)15(19)13-10-14(22-11(13)2)23(20,21)16-3/h10,12,16-17H,4-9H2,1-3H3. The summed E-state index contributed by atoms with van der Waals surface area (Å²) >= 11 is 0. The SMILES string of the molecule is CCCN(C(=O)c1cc(S(=O)(=O)NC)oc1C)C1CCNCC1. The molecule has 1 aromatic rings. The number of carbonyl (C=O) groups is 1. The molecule has 23 heavy (non-hydrogen) atoms. The number of nitrogens with one attached hydrogen (secondary N) is 2. The highest BCUT2D eigenvalue weighted by atomic mass is 32.2. The predicted molar refractivity (Wildman–Crippen MR) is 86.9 cm³/mol. The highest BCUT2D eigenvalue weighted by Crippen LogP contribution is 2.23. The van der Waals surface area contributed by atoms with Crippen molar-refractivity contribution >= 4 is 15.9 Å². The lowest BCUT2D eigenvalue weighted by molar-refractivity contribution is 0.0641. The Labute approximate surface area is 137 Å². The Morgan fingerprint density at radius 2 is 2.09 bits per heavy atom. The molecular weight excluding hydrogens is 318 g/mol. The molecule has 2 N–H and O–H groups in total. The number of carbonyl (C=O) groups excluding carboxylic acids is 1. The van der Waals surface area contributed by atoms with Gasteiger partial charge in [-0.15, -0.1) is 0 Å². The molecule has 8 heteroatoms. The van der Waals surface area contributed by atoms with Crippen molar-refractivity contribution in [2.24, 2.45) is 0 Å². The van der Waals surface area contributed by atoms with Crippen LogP contribution in [0.3, 0.4) is 0 Å². The molecule has 1 fully saturated rings. The second kappa shape index (κ2) is 7.46. The quantitative estimate of drug-likeness (QED) is 0.807. The van der Waals surface area contributed by atoms with E-state index in [1.54, 1.807) is 6.92 Å². The number of rotatable bonds is 6.